The van der Waals surface area contributed by atoms with Crippen molar-refractivity contribution in [1.29, 1.82) is 0 Å². The highest BCUT2D eigenvalue weighted by atomic mass is 19.4. The van der Waals surface area contributed by atoms with Crippen LogP contribution in [-0.4, -0.2) is 34.7 Å². The van der Waals surface area contributed by atoms with E-state index in [0.717, 1.165) is 36.3 Å². The minimum atomic E-state index is -4.52. The Morgan fingerprint density at radius 2 is 1.55 bits per heavy atom. The Hall–Kier alpha value is -3.16. The number of nitrogens with zero attached hydrogens (tertiary/aromatic N) is 2. The second kappa shape index (κ2) is 8.17. The topological polar surface area (TPSA) is 40.6 Å². The van der Waals surface area contributed by atoms with Gasteiger partial charge in [-0.25, -0.2) is 4.39 Å². The molecule has 0 aliphatic carbocycles. The maximum absolute atomic E-state index is 13.4. The summed E-state index contributed by atoms with van der Waals surface area (Å²) in [6.07, 6.45) is -1.76. The SMILES string of the molecule is O=C1C(c2ccc(F)cc2)=C(N2CCCCC2)C(=O)N1Cc1cccc(C(F)(F)F)c1. The van der Waals surface area contributed by atoms with E-state index < -0.39 is 29.4 Å². The van der Waals surface area contributed by atoms with Crippen LogP contribution >= 0.6 is 0 Å². The van der Waals surface area contributed by atoms with E-state index in [1.807, 2.05) is 4.90 Å². The van der Waals surface area contributed by atoms with Crippen LogP contribution in [0.4, 0.5) is 17.6 Å². The smallest absolute Gasteiger partial charge is 0.366 e. The van der Waals surface area contributed by atoms with Crippen molar-refractivity contribution >= 4 is 17.4 Å². The molecular weight excluding hydrogens is 412 g/mol. The van der Waals surface area contributed by atoms with Crippen molar-refractivity contribution in [2.75, 3.05) is 13.1 Å². The number of amides is 2. The van der Waals surface area contributed by atoms with E-state index in [0.29, 0.717) is 18.7 Å². The largest absolute Gasteiger partial charge is 0.416 e. The molecule has 0 radical (unpaired) electrons. The number of rotatable bonds is 4. The Balaban J connectivity index is 1.70. The van der Waals surface area contributed by atoms with Crippen LogP contribution < -0.4 is 0 Å². The summed E-state index contributed by atoms with van der Waals surface area (Å²) in [6.45, 7) is 0.941. The zero-order chi connectivity index (χ0) is 22.2. The number of alkyl halides is 3. The molecule has 2 aliphatic heterocycles. The van der Waals surface area contributed by atoms with Gasteiger partial charge in [-0.05, 0) is 54.7 Å². The Bertz CT molecular complexity index is 1040. The Labute approximate surface area is 176 Å². The molecule has 0 bridgehead atoms. The van der Waals surface area contributed by atoms with Gasteiger partial charge in [0.1, 0.15) is 11.5 Å². The summed E-state index contributed by atoms with van der Waals surface area (Å²) in [5, 5.41) is 0. The molecule has 4 rings (SSSR count). The predicted molar refractivity (Wildman–Crippen MR) is 106 cm³/mol. The Kier molecular flexibility index (Phi) is 5.56. The van der Waals surface area contributed by atoms with Crippen molar-refractivity contribution in [2.45, 2.75) is 32.0 Å². The highest BCUT2D eigenvalue weighted by Crippen LogP contribution is 2.35. The maximum atomic E-state index is 13.4. The van der Waals surface area contributed by atoms with Crippen molar-refractivity contribution in [3.8, 4) is 0 Å². The number of imide groups is 1. The van der Waals surface area contributed by atoms with Crippen molar-refractivity contribution in [1.82, 2.24) is 9.80 Å². The van der Waals surface area contributed by atoms with E-state index in [1.54, 1.807) is 0 Å². The number of benzene rings is 2. The van der Waals surface area contributed by atoms with Gasteiger partial charge in [0, 0.05) is 13.1 Å². The first-order valence-electron chi connectivity index (χ1n) is 10.0. The lowest BCUT2D eigenvalue weighted by atomic mass is 10.0. The third-order valence-corrected chi connectivity index (χ3v) is 5.54. The lowest BCUT2D eigenvalue weighted by molar-refractivity contribution is -0.138. The van der Waals surface area contributed by atoms with Crippen LogP contribution in [0.25, 0.3) is 5.57 Å². The number of hydrogen-bond acceptors (Lipinski definition) is 3. The van der Waals surface area contributed by atoms with Crippen LogP contribution in [0.2, 0.25) is 0 Å². The quantitative estimate of drug-likeness (QED) is 0.523. The summed E-state index contributed by atoms with van der Waals surface area (Å²) in [6, 6.07) is 9.89. The third-order valence-electron chi connectivity index (χ3n) is 5.54. The van der Waals surface area contributed by atoms with E-state index >= 15 is 0 Å². The molecule has 0 aromatic heterocycles. The van der Waals surface area contributed by atoms with Gasteiger partial charge in [0.25, 0.3) is 11.8 Å². The molecule has 0 saturated carbocycles. The van der Waals surface area contributed by atoms with Crippen LogP contribution in [0, 0.1) is 5.82 Å². The van der Waals surface area contributed by atoms with Crippen molar-refractivity contribution in [2.24, 2.45) is 0 Å². The first kappa shape index (κ1) is 21.1. The fourth-order valence-electron chi connectivity index (χ4n) is 4.02. The van der Waals surface area contributed by atoms with Gasteiger partial charge in [-0.3, -0.25) is 14.5 Å². The summed E-state index contributed by atoms with van der Waals surface area (Å²) in [5.41, 5.74) is 0.177. The van der Waals surface area contributed by atoms with Crippen LogP contribution in [0.15, 0.2) is 54.2 Å². The highest BCUT2D eigenvalue weighted by molar-refractivity contribution is 6.35. The van der Waals surface area contributed by atoms with Gasteiger partial charge >= 0.3 is 6.18 Å². The Morgan fingerprint density at radius 1 is 0.871 bits per heavy atom. The molecule has 1 fully saturated rings. The molecule has 162 valence electrons. The van der Waals surface area contributed by atoms with E-state index in [2.05, 4.69) is 0 Å². The zero-order valence-electron chi connectivity index (χ0n) is 16.6. The molecule has 8 heteroatoms. The minimum Gasteiger partial charge on any atom is -0.366 e. The second-order valence-electron chi connectivity index (χ2n) is 7.67. The van der Waals surface area contributed by atoms with E-state index in [9.17, 15) is 27.2 Å². The number of carbonyl (C=O) groups excluding carboxylic acids is 2. The summed E-state index contributed by atoms with van der Waals surface area (Å²) < 4.78 is 52.6. The zero-order valence-corrected chi connectivity index (χ0v) is 16.6. The lowest BCUT2D eigenvalue weighted by Crippen LogP contribution is -2.36. The molecule has 4 nitrogen and oxygen atoms in total. The van der Waals surface area contributed by atoms with Gasteiger partial charge in [0.2, 0.25) is 0 Å². The molecule has 2 heterocycles. The van der Waals surface area contributed by atoms with E-state index in [-0.39, 0.29) is 23.4 Å². The highest BCUT2D eigenvalue weighted by Gasteiger charge is 2.42. The average Bonchev–Trinajstić information content (AvgIpc) is 2.99. The lowest BCUT2D eigenvalue weighted by Gasteiger charge is -2.29. The van der Waals surface area contributed by atoms with Gasteiger partial charge in [-0.1, -0.05) is 24.3 Å². The van der Waals surface area contributed by atoms with Gasteiger partial charge in [-0.2, -0.15) is 13.2 Å². The van der Waals surface area contributed by atoms with Crippen molar-refractivity contribution < 1.29 is 27.2 Å². The first-order chi connectivity index (χ1) is 14.8. The van der Waals surface area contributed by atoms with Gasteiger partial charge < -0.3 is 4.90 Å². The summed E-state index contributed by atoms with van der Waals surface area (Å²) in [4.78, 5) is 29.3. The van der Waals surface area contributed by atoms with Crippen LogP contribution in [0.1, 0.15) is 36.0 Å². The maximum Gasteiger partial charge on any atom is 0.416 e. The molecule has 2 aromatic rings. The third kappa shape index (κ3) is 4.19. The monoisotopic (exact) mass is 432 g/mol. The fourth-order valence-corrected chi connectivity index (χ4v) is 4.02. The fraction of sp³-hybridized carbons (Fsp3) is 0.304. The standard InChI is InChI=1S/C23H20F4N2O2/c24-18-9-7-16(8-10-18)19-20(28-11-2-1-3-12-28)22(31)29(21(19)30)14-15-5-4-6-17(13-15)23(25,26)27/h4-10,13H,1-3,11-12,14H2. The van der Waals surface area contributed by atoms with E-state index in [4.69, 9.17) is 0 Å². The molecular formula is C23H20F4N2O2. The van der Waals surface area contributed by atoms with Crippen LogP contribution in [-0.2, 0) is 22.3 Å². The number of halogens is 4. The van der Waals surface area contributed by atoms with Gasteiger partial charge in [0.15, 0.2) is 0 Å². The van der Waals surface area contributed by atoms with Crippen molar-refractivity contribution in [3.05, 3.63) is 76.7 Å². The van der Waals surface area contributed by atoms with Gasteiger partial charge in [-0.15, -0.1) is 0 Å². The van der Waals surface area contributed by atoms with Gasteiger partial charge in [0.05, 0.1) is 17.7 Å². The molecule has 2 aliphatic rings. The molecule has 31 heavy (non-hydrogen) atoms. The predicted octanol–water partition coefficient (Wildman–Crippen LogP) is 4.61. The normalized spacial score (nSPS) is 17.7. The van der Waals surface area contributed by atoms with Crippen LogP contribution in [0.3, 0.4) is 0 Å². The number of carbonyl (C=O) groups is 2. The first-order valence-corrected chi connectivity index (χ1v) is 10.0. The minimum absolute atomic E-state index is 0.166. The molecule has 1 saturated heterocycles. The molecule has 0 N–H and O–H groups in total. The second-order valence-corrected chi connectivity index (χ2v) is 7.67. The molecule has 2 amide bonds. The van der Waals surface area contributed by atoms with Crippen LogP contribution in [0.5, 0.6) is 0 Å². The molecule has 0 unspecified atom stereocenters. The molecule has 2 aromatic carbocycles. The summed E-state index contributed by atoms with van der Waals surface area (Å²) in [5.74, 6) is -1.60. The molecule has 0 atom stereocenters. The number of hydrogen-bond donors (Lipinski definition) is 0. The summed E-state index contributed by atoms with van der Waals surface area (Å²) in [7, 11) is 0. The average molecular weight is 432 g/mol. The number of likely N-dealkylation sites (tertiary alicyclic amines) is 1. The number of piperidine rings is 1. The van der Waals surface area contributed by atoms with Crippen molar-refractivity contribution in [3.63, 3.8) is 0 Å². The van der Waals surface area contributed by atoms with E-state index in [1.165, 1.54) is 36.4 Å². The molecule has 0 spiro atoms. The Morgan fingerprint density at radius 3 is 2.19 bits per heavy atom. The summed E-state index contributed by atoms with van der Waals surface area (Å²) >= 11 is 0.